The van der Waals surface area contributed by atoms with Gasteiger partial charge in [-0.3, -0.25) is 0 Å². The maximum atomic E-state index is 12.9. The van der Waals surface area contributed by atoms with Crippen LogP contribution in [0.3, 0.4) is 0 Å². The molecule has 2 amide bonds. The van der Waals surface area contributed by atoms with Gasteiger partial charge in [0.05, 0.1) is 24.8 Å². The molecule has 1 aliphatic heterocycles. The van der Waals surface area contributed by atoms with E-state index in [1.165, 1.54) is 4.90 Å². The summed E-state index contributed by atoms with van der Waals surface area (Å²) in [7, 11) is 3.21. The smallest absolute Gasteiger partial charge is 0.338 e. The third-order valence-electron chi connectivity index (χ3n) is 4.76. The molecule has 0 spiro atoms. The minimum Gasteiger partial charge on any atom is -0.496 e. The number of methoxy groups -OCH3 is 1. The summed E-state index contributed by atoms with van der Waals surface area (Å²) < 4.78 is 11.0. The third-order valence-corrected chi connectivity index (χ3v) is 4.76. The molecule has 6 heteroatoms. The minimum absolute atomic E-state index is 0.268. The third kappa shape index (κ3) is 3.35. The Balaban J connectivity index is 2.26. The Labute approximate surface area is 158 Å². The number of rotatable bonds is 4. The van der Waals surface area contributed by atoms with Gasteiger partial charge in [0, 0.05) is 18.3 Å². The summed E-state index contributed by atoms with van der Waals surface area (Å²) >= 11 is 0. The Morgan fingerprint density at radius 1 is 1.19 bits per heavy atom. The molecule has 2 aromatic carbocycles. The second-order valence-corrected chi connectivity index (χ2v) is 6.80. The number of esters is 1. The van der Waals surface area contributed by atoms with E-state index >= 15 is 0 Å². The van der Waals surface area contributed by atoms with Gasteiger partial charge >= 0.3 is 12.0 Å². The first-order valence-corrected chi connectivity index (χ1v) is 8.86. The molecule has 0 radical (unpaired) electrons. The van der Waals surface area contributed by atoms with Gasteiger partial charge in [-0.25, -0.2) is 9.59 Å². The second kappa shape index (κ2) is 7.31. The van der Waals surface area contributed by atoms with E-state index < -0.39 is 12.0 Å². The molecule has 6 nitrogen and oxygen atoms in total. The maximum absolute atomic E-state index is 12.9. The fourth-order valence-electron chi connectivity index (χ4n) is 3.35. The van der Waals surface area contributed by atoms with Crippen molar-refractivity contribution >= 4 is 22.8 Å². The van der Waals surface area contributed by atoms with Crippen molar-refractivity contribution < 1.29 is 19.1 Å². The number of ether oxygens (including phenoxy) is 2. The number of nitrogens with one attached hydrogen (secondary N) is 1. The Morgan fingerprint density at radius 2 is 1.89 bits per heavy atom. The molecule has 0 aliphatic carbocycles. The molecule has 3 rings (SSSR count). The quantitative estimate of drug-likeness (QED) is 0.834. The van der Waals surface area contributed by atoms with Gasteiger partial charge in [0.2, 0.25) is 0 Å². The molecule has 1 aliphatic rings. The predicted molar refractivity (Wildman–Crippen MR) is 103 cm³/mol. The minimum atomic E-state index is -0.666. The molecule has 1 N–H and O–H groups in total. The Kier molecular flexibility index (Phi) is 5.08. The van der Waals surface area contributed by atoms with E-state index in [0.717, 1.165) is 16.3 Å². The number of allylic oxidation sites excluding steroid dienone is 1. The summed E-state index contributed by atoms with van der Waals surface area (Å²) in [6.45, 7) is 5.35. The van der Waals surface area contributed by atoms with Crippen molar-refractivity contribution in [2.45, 2.75) is 32.9 Å². The van der Waals surface area contributed by atoms with Gasteiger partial charge in [-0.1, -0.05) is 30.3 Å². The van der Waals surface area contributed by atoms with Gasteiger partial charge < -0.3 is 19.7 Å². The molecule has 1 heterocycles. The Bertz CT molecular complexity index is 933. The molecule has 0 saturated heterocycles. The number of carbonyl (C=O) groups is 2. The van der Waals surface area contributed by atoms with Crippen molar-refractivity contribution in [3.63, 3.8) is 0 Å². The Hall–Kier alpha value is -3.02. The second-order valence-electron chi connectivity index (χ2n) is 6.80. The molecule has 1 atom stereocenters. The van der Waals surface area contributed by atoms with Crippen LogP contribution >= 0.6 is 0 Å². The van der Waals surface area contributed by atoms with Crippen LogP contribution in [0.25, 0.3) is 10.8 Å². The fourth-order valence-corrected chi connectivity index (χ4v) is 3.35. The van der Waals surface area contributed by atoms with E-state index in [-0.39, 0.29) is 12.1 Å². The van der Waals surface area contributed by atoms with Crippen LogP contribution in [0.2, 0.25) is 0 Å². The van der Waals surface area contributed by atoms with E-state index in [1.54, 1.807) is 34.9 Å². The highest BCUT2D eigenvalue weighted by molar-refractivity contribution is 5.98. The lowest BCUT2D eigenvalue weighted by atomic mass is 9.90. The number of nitrogens with zero attached hydrogens (tertiary/aromatic N) is 1. The molecular weight excluding hydrogens is 344 g/mol. The van der Waals surface area contributed by atoms with Crippen LogP contribution < -0.4 is 10.1 Å². The average Bonchev–Trinajstić information content (AvgIpc) is 2.64. The first-order valence-electron chi connectivity index (χ1n) is 8.86. The summed E-state index contributed by atoms with van der Waals surface area (Å²) in [6, 6.07) is 10.7. The van der Waals surface area contributed by atoms with Gasteiger partial charge in [0.1, 0.15) is 5.75 Å². The molecule has 0 bridgehead atoms. The average molecular weight is 368 g/mol. The van der Waals surface area contributed by atoms with E-state index in [9.17, 15) is 9.59 Å². The topological polar surface area (TPSA) is 67.9 Å². The van der Waals surface area contributed by atoms with Crippen LogP contribution in [-0.4, -0.2) is 37.2 Å². The SMILES string of the molecule is COc1ccc2ccccc2c1C1NC(=O)N(C)C(C)=C1C(=O)OC(C)C. The van der Waals surface area contributed by atoms with Crippen LogP contribution in [0.5, 0.6) is 5.75 Å². The molecule has 27 heavy (non-hydrogen) atoms. The standard InChI is InChI=1S/C21H24N2O4/c1-12(2)27-20(24)17-13(3)23(4)21(25)22-19(17)18-15-9-7-6-8-14(15)10-11-16(18)26-5/h6-12,19H,1-5H3,(H,22,25). The summed E-state index contributed by atoms with van der Waals surface area (Å²) in [5.41, 5.74) is 1.71. The highest BCUT2D eigenvalue weighted by Crippen LogP contribution is 2.39. The van der Waals surface area contributed by atoms with E-state index in [2.05, 4.69) is 5.32 Å². The molecular formula is C21H24N2O4. The molecule has 142 valence electrons. The zero-order valence-electron chi connectivity index (χ0n) is 16.2. The fraction of sp³-hybridized carbons (Fsp3) is 0.333. The van der Waals surface area contributed by atoms with Crippen molar-refractivity contribution in [3.8, 4) is 5.75 Å². The van der Waals surface area contributed by atoms with Crippen LogP contribution in [0.15, 0.2) is 47.7 Å². The monoisotopic (exact) mass is 368 g/mol. The predicted octanol–water partition coefficient (Wildman–Crippen LogP) is 3.77. The molecule has 1 unspecified atom stereocenters. The van der Waals surface area contributed by atoms with Crippen molar-refractivity contribution in [2.75, 3.05) is 14.2 Å². The van der Waals surface area contributed by atoms with Gasteiger partial charge in [-0.05, 0) is 37.6 Å². The number of amides is 2. The van der Waals surface area contributed by atoms with Crippen LogP contribution in [-0.2, 0) is 9.53 Å². The van der Waals surface area contributed by atoms with Gasteiger partial charge in [0.25, 0.3) is 0 Å². The lowest BCUT2D eigenvalue weighted by molar-refractivity contribution is -0.143. The highest BCUT2D eigenvalue weighted by Gasteiger charge is 2.37. The van der Waals surface area contributed by atoms with Gasteiger partial charge in [-0.15, -0.1) is 0 Å². The number of hydrogen-bond donors (Lipinski definition) is 1. The number of fused-ring (bicyclic) bond motifs is 1. The largest absolute Gasteiger partial charge is 0.496 e. The first kappa shape index (κ1) is 18.8. The molecule has 0 saturated carbocycles. The number of hydrogen-bond acceptors (Lipinski definition) is 4. The van der Waals surface area contributed by atoms with E-state index in [1.807, 2.05) is 36.4 Å². The number of urea groups is 1. The number of carbonyl (C=O) groups excluding carboxylic acids is 2. The van der Waals surface area contributed by atoms with Crippen molar-refractivity contribution in [2.24, 2.45) is 0 Å². The van der Waals surface area contributed by atoms with Crippen LogP contribution in [0.4, 0.5) is 4.79 Å². The van der Waals surface area contributed by atoms with Crippen LogP contribution in [0, 0.1) is 0 Å². The van der Waals surface area contributed by atoms with Crippen molar-refractivity contribution in [1.29, 1.82) is 0 Å². The summed E-state index contributed by atoms with van der Waals surface area (Å²) in [5, 5.41) is 4.84. The van der Waals surface area contributed by atoms with Crippen molar-refractivity contribution in [1.82, 2.24) is 10.2 Å². The lowest BCUT2D eigenvalue weighted by Gasteiger charge is -2.34. The zero-order chi connectivity index (χ0) is 19.7. The van der Waals surface area contributed by atoms with Crippen LogP contribution in [0.1, 0.15) is 32.4 Å². The van der Waals surface area contributed by atoms with Gasteiger partial charge in [0.15, 0.2) is 0 Å². The summed E-state index contributed by atoms with van der Waals surface area (Å²) in [4.78, 5) is 26.8. The van der Waals surface area contributed by atoms with E-state index in [0.29, 0.717) is 17.0 Å². The Morgan fingerprint density at radius 3 is 2.56 bits per heavy atom. The molecule has 0 fully saturated rings. The molecule has 2 aromatic rings. The highest BCUT2D eigenvalue weighted by atomic mass is 16.5. The summed E-state index contributed by atoms with van der Waals surface area (Å²) in [5.74, 6) is 0.153. The molecule has 0 aromatic heterocycles. The lowest BCUT2D eigenvalue weighted by Crippen LogP contribution is -2.46. The van der Waals surface area contributed by atoms with E-state index in [4.69, 9.17) is 9.47 Å². The zero-order valence-corrected chi connectivity index (χ0v) is 16.2. The normalized spacial score (nSPS) is 17.3. The number of benzene rings is 2. The van der Waals surface area contributed by atoms with Crippen molar-refractivity contribution in [3.05, 3.63) is 53.2 Å². The summed E-state index contributed by atoms with van der Waals surface area (Å²) in [6.07, 6.45) is -0.268. The maximum Gasteiger partial charge on any atom is 0.338 e. The van der Waals surface area contributed by atoms with Gasteiger partial charge in [-0.2, -0.15) is 0 Å². The first-order chi connectivity index (χ1) is 12.8.